The van der Waals surface area contributed by atoms with Gasteiger partial charge in [-0.1, -0.05) is 78.9 Å². The number of fused-ring (bicyclic) bond motifs is 5. The van der Waals surface area contributed by atoms with Gasteiger partial charge in [-0.05, 0) is 70.1 Å². The van der Waals surface area contributed by atoms with Crippen LogP contribution in [0.15, 0.2) is 127 Å². The average Bonchev–Trinajstić information content (AvgIpc) is 3.24. The first kappa shape index (κ1) is 19.9. The number of aromatic nitrogens is 1. The monoisotopic (exact) mass is 448 g/mol. The first-order valence-electron chi connectivity index (χ1n) is 12.0. The predicted octanol–water partition coefficient (Wildman–Crippen LogP) is 8.86. The van der Waals surface area contributed by atoms with Crippen molar-refractivity contribution in [2.45, 2.75) is 0 Å². The van der Waals surface area contributed by atoms with Crippen LogP contribution in [0.25, 0.3) is 49.0 Å². The fourth-order valence-electron chi connectivity index (χ4n) is 5.29. The van der Waals surface area contributed by atoms with Crippen molar-refractivity contribution < 1.29 is 0 Å². The molecule has 166 valence electrons. The molecule has 0 radical (unpaired) electrons. The highest BCUT2D eigenvalue weighted by molar-refractivity contribution is 6.14. The van der Waals surface area contributed by atoms with Gasteiger partial charge < -0.3 is 9.47 Å². The van der Waals surface area contributed by atoms with E-state index in [4.69, 9.17) is 0 Å². The third-order valence-electron chi connectivity index (χ3n) is 7.14. The molecule has 0 N–H and O–H groups in total. The largest absolute Gasteiger partial charge is 0.345 e. The van der Waals surface area contributed by atoms with Gasteiger partial charge in [-0.15, -0.1) is 0 Å². The standard InChI is InChI=1S/C33H24N2/c1-34(27-13-3-2-4-14-27)28-17-18-30-31-20-25-11-7-8-12-26(25)21-32(31)35(33(30)22-28)29-16-15-23-9-5-6-10-24(23)19-29/h2-22H,1H3. The minimum atomic E-state index is 1.16. The Morgan fingerprint density at radius 3 is 1.86 bits per heavy atom. The van der Waals surface area contributed by atoms with Crippen LogP contribution in [-0.4, -0.2) is 11.6 Å². The molecule has 1 aromatic heterocycles. The fourth-order valence-corrected chi connectivity index (χ4v) is 5.29. The van der Waals surface area contributed by atoms with E-state index in [1.54, 1.807) is 0 Å². The lowest BCUT2D eigenvalue weighted by Crippen LogP contribution is -2.09. The molecule has 0 bridgehead atoms. The summed E-state index contributed by atoms with van der Waals surface area (Å²) in [5.41, 5.74) is 5.96. The molecule has 1 heterocycles. The Balaban J connectivity index is 1.55. The van der Waals surface area contributed by atoms with Crippen molar-refractivity contribution in [1.82, 2.24) is 4.57 Å². The van der Waals surface area contributed by atoms with Crippen LogP contribution in [0.3, 0.4) is 0 Å². The highest BCUT2D eigenvalue weighted by Gasteiger charge is 2.15. The van der Waals surface area contributed by atoms with Gasteiger partial charge >= 0.3 is 0 Å². The summed E-state index contributed by atoms with van der Waals surface area (Å²) in [6.07, 6.45) is 0. The summed E-state index contributed by atoms with van der Waals surface area (Å²) in [5, 5.41) is 7.57. The Kier molecular flexibility index (Phi) is 4.40. The van der Waals surface area contributed by atoms with Gasteiger partial charge in [-0.2, -0.15) is 0 Å². The summed E-state index contributed by atoms with van der Waals surface area (Å²) < 4.78 is 2.42. The quantitative estimate of drug-likeness (QED) is 0.262. The summed E-state index contributed by atoms with van der Waals surface area (Å²) >= 11 is 0. The number of para-hydroxylation sites is 1. The third-order valence-corrected chi connectivity index (χ3v) is 7.14. The Hall–Kier alpha value is -4.56. The lowest BCUT2D eigenvalue weighted by Gasteiger charge is -2.20. The lowest BCUT2D eigenvalue weighted by molar-refractivity contribution is 1.17. The molecule has 0 aliphatic heterocycles. The van der Waals surface area contributed by atoms with E-state index in [2.05, 4.69) is 144 Å². The molecule has 35 heavy (non-hydrogen) atoms. The molecule has 0 amide bonds. The number of nitrogens with zero attached hydrogens (tertiary/aromatic N) is 2. The van der Waals surface area contributed by atoms with Crippen molar-refractivity contribution in [2.75, 3.05) is 11.9 Å². The molecule has 0 saturated heterocycles. The maximum Gasteiger partial charge on any atom is 0.0561 e. The van der Waals surface area contributed by atoms with Gasteiger partial charge in [0.15, 0.2) is 0 Å². The number of anilines is 2. The molecule has 0 aliphatic rings. The van der Waals surface area contributed by atoms with Gasteiger partial charge in [0, 0.05) is 34.9 Å². The molecular weight excluding hydrogens is 424 g/mol. The highest BCUT2D eigenvalue weighted by atomic mass is 15.1. The van der Waals surface area contributed by atoms with Crippen molar-refractivity contribution in [3.63, 3.8) is 0 Å². The van der Waals surface area contributed by atoms with E-state index in [-0.39, 0.29) is 0 Å². The first-order chi connectivity index (χ1) is 17.3. The second kappa shape index (κ2) is 7.75. The normalized spacial score (nSPS) is 11.6. The molecule has 0 spiro atoms. The van der Waals surface area contributed by atoms with Gasteiger partial charge in [-0.3, -0.25) is 0 Å². The van der Waals surface area contributed by atoms with E-state index in [9.17, 15) is 0 Å². The summed E-state index contributed by atoms with van der Waals surface area (Å²) in [6.45, 7) is 0. The zero-order valence-electron chi connectivity index (χ0n) is 19.5. The molecule has 7 aromatic rings. The molecular formula is C33H24N2. The molecule has 0 fully saturated rings. The molecule has 0 aliphatic carbocycles. The molecule has 7 rings (SSSR count). The molecule has 6 aromatic carbocycles. The zero-order chi connectivity index (χ0) is 23.4. The molecule has 0 atom stereocenters. The van der Waals surface area contributed by atoms with Gasteiger partial charge in [0.2, 0.25) is 0 Å². The molecule has 0 saturated carbocycles. The number of rotatable bonds is 3. The average molecular weight is 449 g/mol. The van der Waals surface area contributed by atoms with Gasteiger partial charge in [0.25, 0.3) is 0 Å². The smallest absolute Gasteiger partial charge is 0.0561 e. The lowest BCUT2D eigenvalue weighted by atomic mass is 10.1. The highest BCUT2D eigenvalue weighted by Crippen LogP contribution is 2.38. The topological polar surface area (TPSA) is 8.17 Å². The number of benzene rings is 6. The Morgan fingerprint density at radius 2 is 1.09 bits per heavy atom. The first-order valence-corrected chi connectivity index (χ1v) is 12.0. The third kappa shape index (κ3) is 3.18. The molecule has 2 heteroatoms. The number of hydrogen-bond donors (Lipinski definition) is 0. The van der Waals surface area contributed by atoms with E-state index >= 15 is 0 Å². The second-order valence-corrected chi connectivity index (χ2v) is 9.18. The second-order valence-electron chi connectivity index (χ2n) is 9.18. The van der Waals surface area contributed by atoms with Crippen molar-refractivity contribution >= 4 is 54.7 Å². The summed E-state index contributed by atoms with van der Waals surface area (Å²) in [6, 6.07) is 46.0. The van der Waals surface area contributed by atoms with Crippen molar-refractivity contribution in [1.29, 1.82) is 0 Å². The van der Waals surface area contributed by atoms with Crippen LogP contribution in [0, 0.1) is 0 Å². The van der Waals surface area contributed by atoms with Gasteiger partial charge in [0.1, 0.15) is 0 Å². The van der Waals surface area contributed by atoms with Crippen molar-refractivity contribution in [3.05, 3.63) is 127 Å². The van der Waals surface area contributed by atoms with Gasteiger partial charge in [-0.25, -0.2) is 0 Å². The van der Waals surface area contributed by atoms with Crippen LogP contribution in [-0.2, 0) is 0 Å². The predicted molar refractivity (Wildman–Crippen MR) is 150 cm³/mol. The van der Waals surface area contributed by atoms with Gasteiger partial charge in [0.05, 0.1) is 11.0 Å². The SMILES string of the molecule is CN(c1ccccc1)c1ccc2c3cc4ccccc4cc3n(-c3ccc4ccccc4c3)c2c1. The van der Waals surface area contributed by atoms with Crippen molar-refractivity contribution in [3.8, 4) is 5.69 Å². The van der Waals surface area contributed by atoms with E-state index in [1.165, 1.54) is 54.7 Å². The van der Waals surface area contributed by atoms with Crippen LogP contribution in [0.5, 0.6) is 0 Å². The summed E-state index contributed by atoms with van der Waals surface area (Å²) in [7, 11) is 2.13. The van der Waals surface area contributed by atoms with E-state index < -0.39 is 0 Å². The van der Waals surface area contributed by atoms with E-state index in [0.29, 0.717) is 0 Å². The summed E-state index contributed by atoms with van der Waals surface area (Å²) in [5.74, 6) is 0. The van der Waals surface area contributed by atoms with E-state index in [0.717, 1.165) is 5.69 Å². The van der Waals surface area contributed by atoms with Crippen LogP contribution >= 0.6 is 0 Å². The van der Waals surface area contributed by atoms with E-state index in [1.807, 2.05) is 0 Å². The molecule has 2 nitrogen and oxygen atoms in total. The maximum atomic E-state index is 2.42. The van der Waals surface area contributed by atoms with Crippen LogP contribution in [0.1, 0.15) is 0 Å². The maximum absolute atomic E-state index is 2.42. The van der Waals surface area contributed by atoms with Crippen molar-refractivity contribution in [2.24, 2.45) is 0 Å². The Labute approximate surface area is 204 Å². The fraction of sp³-hybridized carbons (Fsp3) is 0.0303. The van der Waals surface area contributed by atoms with Crippen LogP contribution in [0.4, 0.5) is 11.4 Å². The minimum Gasteiger partial charge on any atom is -0.345 e. The Bertz CT molecular complexity index is 1860. The zero-order valence-corrected chi connectivity index (χ0v) is 19.5. The number of hydrogen-bond acceptors (Lipinski definition) is 1. The minimum absolute atomic E-state index is 1.16. The van der Waals surface area contributed by atoms with Crippen LogP contribution < -0.4 is 4.90 Å². The molecule has 0 unspecified atom stereocenters. The Morgan fingerprint density at radius 1 is 0.457 bits per heavy atom. The van der Waals surface area contributed by atoms with Crippen LogP contribution in [0.2, 0.25) is 0 Å². The summed E-state index contributed by atoms with van der Waals surface area (Å²) in [4.78, 5) is 2.25.